The zero-order valence-electron chi connectivity index (χ0n) is 12.1. The van der Waals surface area contributed by atoms with E-state index in [0.717, 1.165) is 43.4 Å². The number of nitrogens with one attached hydrogen (secondary N) is 1. The Morgan fingerprint density at radius 2 is 2.00 bits per heavy atom. The summed E-state index contributed by atoms with van der Waals surface area (Å²) in [6.07, 6.45) is 6.42. The molecule has 1 aromatic rings. The van der Waals surface area contributed by atoms with Crippen molar-refractivity contribution in [1.82, 2.24) is 0 Å². The predicted octanol–water partition coefficient (Wildman–Crippen LogP) is 4.05. The fourth-order valence-electron chi connectivity index (χ4n) is 2.92. The van der Waals surface area contributed by atoms with Crippen molar-refractivity contribution in [3.63, 3.8) is 0 Å². The fraction of sp³-hybridized carbons (Fsp3) is 0.529. The highest BCUT2D eigenvalue weighted by Crippen LogP contribution is 2.37. The number of carbonyl (C=O) groups excluding carboxylic acids is 1. The number of para-hydroxylation sites is 1. The Morgan fingerprint density at radius 1 is 1.30 bits per heavy atom. The molecule has 0 aromatic heterocycles. The molecule has 0 atom stereocenters. The van der Waals surface area contributed by atoms with E-state index >= 15 is 0 Å². The van der Waals surface area contributed by atoms with E-state index in [-0.39, 0.29) is 5.91 Å². The number of nitrogens with zero attached hydrogens (tertiary/aromatic N) is 1. The third kappa shape index (κ3) is 3.01. The van der Waals surface area contributed by atoms with Gasteiger partial charge in [-0.15, -0.1) is 0 Å². The number of benzene rings is 1. The molecule has 1 saturated carbocycles. The summed E-state index contributed by atoms with van der Waals surface area (Å²) in [5.74, 6) is -0.122. The Kier molecular flexibility index (Phi) is 4.79. The van der Waals surface area contributed by atoms with Crippen LogP contribution in [0, 0.1) is 16.7 Å². The summed E-state index contributed by atoms with van der Waals surface area (Å²) >= 11 is 0. The lowest BCUT2D eigenvalue weighted by Crippen LogP contribution is -2.37. The summed E-state index contributed by atoms with van der Waals surface area (Å²) in [5.41, 5.74) is 1.18. The zero-order chi connectivity index (χ0) is 14.4. The first-order valence-corrected chi connectivity index (χ1v) is 7.52. The second-order valence-corrected chi connectivity index (χ2v) is 5.62. The smallest absolute Gasteiger partial charge is 0.244 e. The Hall–Kier alpha value is -1.82. The first kappa shape index (κ1) is 14.6. The molecule has 0 bridgehead atoms. The van der Waals surface area contributed by atoms with Crippen LogP contribution in [-0.2, 0) is 11.2 Å². The second-order valence-electron chi connectivity index (χ2n) is 5.62. The lowest BCUT2D eigenvalue weighted by atomic mass is 9.74. The maximum atomic E-state index is 12.5. The van der Waals surface area contributed by atoms with Gasteiger partial charge in [0, 0.05) is 5.69 Å². The summed E-state index contributed by atoms with van der Waals surface area (Å²) < 4.78 is 0. The molecule has 106 valence electrons. The Bertz CT molecular complexity index is 510. The van der Waals surface area contributed by atoms with Gasteiger partial charge in [-0.1, -0.05) is 50.8 Å². The molecule has 0 aliphatic heterocycles. The van der Waals surface area contributed by atoms with Crippen LogP contribution in [0.5, 0.6) is 0 Å². The SMILES string of the molecule is CCCc1ccccc1NC(=O)C1(C#N)CCCCC1. The molecule has 0 saturated heterocycles. The molecule has 0 spiro atoms. The number of anilines is 1. The molecule has 1 aliphatic carbocycles. The van der Waals surface area contributed by atoms with E-state index in [1.807, 2.05) is 24.3 Å². The Morgan fingerprint density at radius 3 is 2.65 bits per heavy atom. The van der Waals surface area contributed by atoms with Crippen LogP contribution in [0.1, 0.15) is 51.0 Å². The number of nitriles is 1. The highest BCUT2D eigenvalue weighted by atomic mass is 16.2. The van der Waals surface area contributed by atoms with Gasteiger partial charge in [0.25, 0.3) is 0 Å². The second kappa shape index (κ2) is 6.56. The van der Waals surface area contributed by atoms with E-state index in [4.69, 9.17) is 0 Å². The maximum absolute atomic E-state index is 12.5. The predicted molar refractivity (Wildman–Crippen MR) is 80.2 cm³/mol. The van der Waals surface area contributed by atoms with E-state index in [1.165, 1.54) is 0 Å². The quantitative estimate of drug-likeness (QED) is 0.897. The van der Waals surface area contributed by atoms with Crippen LogP contribution in [0.25, 0.3) is 0 Å². The van der Waals surface area contributed by atoms with Crippen molar-refractivity contribution >= 4 is 11.6 Å². The first-order chi connectivity index (χ1) is 9.72. The van der Waals surface area contributed by atoms with Crippen LogP contribution < -0.4 is 5.32 Å². The average Bonchev–Trinajstić information content (AvgIpc) is 2.50. The molecule has 3 heteroatoms. The molecule has 0 unspecified atom stereocenters. The maximum Gasteiger partial charge on any atom is 0.244 e. The van der Waals surface area contributed by atoms with Gasteiger partial charge in [0.1, 0.15) is 5.41 Å². The Labute approximate surface area is 121 Å². The van der Waals surface area contributed by atoms with Gasteiger partial charge in [-0.05, 0) is 30.9 Å². The van der Waals surface area contributed by atoms with Crippen LogP contribution in [0.4, 0.5) is 5.69 Å². The van der Waals surface area contributed by atoms with Crippen molar-refractivity contribution in [1.29, 1.82) is 5.26 Å². The van der Waals surface area contributed by atoms with Crippen molar-refractivity contribution in [3.05, 3.63) is 29.8 Å². The molecule has 1 aliphatic rings. The van der Waals surface area contributed by atoms with Crippen molar-refractivity contribution in [3.8, 4) is 6.07 Å². The molecular formula is C17H22N2O. The van der Waals surface area contributed by atoms with E-state index in [1.54, 1.807) is 0 Å². The van der Waals surface area contributed by atoms with Gasteiger partial charge in [0.05, 0.1) is 6.07 Å². The van der Waals surface area contributed by atoms with Gasteiger partial charge < -0.3 is 5.32 Å². The van der Waals surface area contributed by atoms with Crippen LogP contribution in [0.3, 0.4) is 0 Å². The largest absolute Gasteiger partial charge is 0.324 e. The summed E-state index contributed by atoms with van der Waals surface area (Å²) in [6.45, 7) is 2.12. The van der Waals surface area contributed by atoms with Gasteiger partial charge in [0.2, 0.25) is 5.91 Å². The lowest BCUT2D eigenvalue weighted by Gasteiger charge is -2.29. The van der Waals surface area contributed by atoms with E-state index in [2.05, 4.69) is 18.3 Å². The number of rotatable bonds is 4. The lowest BCUT2D eigenvalue weighted by molar-refractivity contribution is -0.124. The zero-order valence-corrected chi connectivity index (χ0v) is 12.1. The van der Waals surface area contributed by atoms with Crippen molar-refractivity contribution in [2.75, 3.05) is 5.32 Å². The fourth-order valence-corrected chi connectivity index (χ4v) is 2.92. The summed E-state index contributed by atoms with van der Waals surface area (Å²) in [7, 11) is 0. The molecule has 1 N–H and O–H groups in total. The van der Waals surface area contributed by atoms with Crippen molar-refractivity contribution in [2.24, 2.45) is 5.41 Å². The molecule has 0 radical (unpaired) electrons. The summed E-state index contributed by atoms with van der Waals surface area (Å²) in [6, 6.07) is 10.2. The minimum atomic E-state index is -0.822. The van der Waals surface area contributed by atoms with E-state index in [9.17, 15) is 10.1 Å². The van der Waals surface area contributed by atoms with Crippen LogP contribution in [0.15, 0.2) is 24.3 Å². The van der Waals surface area contributed by atoms with Crippen molar-refractivity contribution < 1.29 is 4.79 Å². The third-order valence-corrected chi connectivity index (χ3v) is 4.14. The van der Waals surface area contributed by atoms with E-state index < -0.39 is 5.41 Å². The molecule has 0 heterocycles. The molecule has 1 amide bonds. The number of aryl methyl sites for hydroxylation is 1. The number of amides is 1. The minimum absolute atomic E-state index is 0.122. The number of hydrogen-bond donors (Lipinski definition) is 1. The topological polar surface area (TPSA) is 52.9 Å². The third-order valence-electron chi connectivity index (χ3n) is 4.14. The molecule has 1 aromatic carbocycles. The highest BCUT2D eigenvalue weighted by molar-refractivity contribution is 5.97. The molecule has 20 heavy (non-hydrogen) atoms. The van der Waals surface area contributed by atoms with Gasteiger partial charge in [-0.2, -0.15) is 5.26 Å². The standard InChI is InChI=1S/C17H22N2O/c1-2-8-14-9-4-5-10-15(14)19-16(20)17(13-18)11-6-3-7-12-17/h4-5,9-10H,2-3,6-8,11-12H2,1H3,(H,19,20). The Balaban J connectivity index is 2.17. The minimum Gasteiger partial charge on any atom is -0.324 e. The normalized spacial score (nSPS) is 17.2. The number of hydrogen-bond acceptors (Lipinski definition) is 2. The monoisotopic (exact) mass is 270 g/mol. The molecular weight excluding hydrogens is 248 g/mol. The van der Waals surface area contributed by atoms with Crippen LogP contribution >= 0.6 is 0 Å². The van der Waals surface area contributed by atoms with Gasteiger partial charge >= 0.3 is 0 Å². The molecule has 2 rings (SSSR count). The van der Waals surface area contributed by atoms with Gasteiger partial charge in [-0.25, -0.2) is 0 Å². The van der Waals surface area contributed by atoms with E-state index in [0.29, 0.717) is 12.8 Å². The number of carbonyl (C=O) groups is 1. The first-order valence-electron chi connectivity index (χ1n) is 7.52. The van der Waals surface area contributed by atoms with Crippen molar-refractivity contribution in [2.45, 2.75) is 51.9 Å². The summed E-state index contributed by atoms with van der Waals surface area (Å²) in [5, 5.41) is 12.4. The summed E-state index contributed by atoms with van der Waals surface area (Å²) in [4.78, 5) is 12.5. The molecule has 3 nitrogen and oxygen atoms in total. The van der Waals surface area contributed by atoms with Crippen LogP contribution in [-0.4, -0.2) is 5.91 Å². The van der Waals surface area contributed by atoms with Gasteiger partial charge in [0.15, 0.2) is 0 Å². The van der Waals surface area contributed by atoms with Crippen LogP contribution in [0.2, 0.25) is 0 Å². The van der Waals surface area contributed by atoms with Gasteiger partial charge in [-0.3, -0.25) is 4.79 Å². The molecule has 1 fully saturated rings. The average molecular weight is 270 g/mol. The highest BCUT2D eigenvalue weighted by Gasteiger charge is 2.39.